The molecule has 0 heterocycles. The first kappa shape index (κ1) is 19.7. The van der Waals surface area contributed by atoms with E-state index in [1.807, 2.05) is 0 Å². The minimum absolute atomic E-state index is 0.00158. The Hall–Kier alpha value is -0.313. The van der Waals surface area contributed by atoms with Crippen LogP contribution in [0.3, 0.4) is 0 Å². The molecule has 0 unspecified atom stereocenters. The summed E-state index contributed by atoms with van der Waals surface area (Å²) in [6.45, 7) is 22.3. The van der Waals surface area contributed by atoms with E-state index in [9.17, 15) is 4.79 Å². The highest BCUT2D eigenvalue weighted by Crippen LogP contribution is 2.62. The maximum absolute atomic E-state index is 12.4. The first-order chi connectivity index (χ1) is 8.70. The zero-order valence-corrected chi connectivity index (χ0v) is 16.4. The van der Waals surface area contributed by atoms with Crippen molar-refractivity contribution in [2.75, 3.05) is 0 Å². The van der Waals surface area contributed by atoms with Crippen molar-refractivity contribution in [1.29, 1.82) is 0 Å². The van der Waals surface area contributed by atoms with Crippen molar-refractivity contribution in [3.63, 3.8) is 0 Å². The minimum atomic E-state index is -2.36. The quantitative estimate of drug-likeness (QED) is 0.589. The van der Waals surface area contributed by atoms with Crippen LogP contribution in [0, 0.1) is 0 Å². The van der Waals surface area contributed by atoms with Gasteiger partial charge in [-0.15, -0.1) is 0 Å². The van der Waals surface area contributed by atoms with Crippen LogP contribution < -0.4 is 0 Å². The Bertz CT molecular complexity index is 290. The summed E-state index contributed by atoms with van der Waals surface area (Å²) in [4.78, 5) is 12.4. The molecule has 2 nitrogen and oxygen atoms in total. The van der Waals surface area contributed by atoms with Crippen molar-refractivity contribution in [2.24, 2.45) is 0 Å². The van der Waals surface area contributed by atoms with Crippen LogP contribution in [0.15, 0.2) is 0 Å². The standard InChI is InChI=1S/C17H36O2Si/c1-11-12-13-14(18)19-20(15(2,3)4,16(5,6)7)17(8,9)10/h11-13H2,1-10H3. The molecule has 0 aromatic heterocycles. The summed E-state index contributed by atoms with van der Waals surface area (Å²) in [5.41, 5.74) is 0. The summed E-state index contributed by atoms with van der Waals surface area (Å²) >= 11 is 0. The van der Waals surface area contributed by atoms with E-state index in [0.29, 0.717) is 6.42 Å². The summed E-state index contributed by atoms with van der Waals surface area (Å²) in [7, 11) is -2.36. The molecule has 0 saturated carbocycles. The first-order valence-electron chi connectivity index (χ1n) is 7.92. The molecule has 120 valence electrons. The van der Waals surface area contributed by atoms with Crippen LogP contribution in [0.5, 0.6) is 0 Å². The van der Waals surface area contributed by atoms with Crippen LogP contribution in [-0.4, -0.2) is 14.3 Å². The van der Waals surface area contributed by atoms with Crippen LogP contribution >= 0.6 is 0 Å². The maximum atomic E-state index is 12.4. The summed E-state index contributed by atoms with van der Waals surface area (Å²) in [5.74, 6) is -0.00158. The molecule has 0 atom stereocenters. The molecule has 0 aliphatic heterocycles. The van der Waals surface area contributed by atoms with E-state index in [-0.39, 0.29) is 21.1 Å². The van der Waals surface area contributed by atoms with Gasteiger partial charge in [-0.05, 0) is 21.5 Å². The lowest BCUT2D eigenvalue weighted by atomic mass is 10.2. The van der Waals surface area contributed by atoms with Crippen LogP contribution in [0.25, 0.3) is 0 Å². The Kier molecular flexibility index (Phi) is 6.11. The van der Waals surface area contributed by atoms with E-state index in [1.54, 1.807) is 0 Å². The predicted octanol–water partition coefficient (Wildman–Crippen LogP) is 6.07. The number of carbonyl (C=O) groups is 1. The van der Waals surface area contributed by atoms with Crippen LogP contribution in [0.2, 0.25) is 15.1 Å². The molecule has 0 aliphatic rings. The Morgan fingerprint density at radius 1 is 0.850 bits per heavy atom. The second-order valence-electron chi connectivity index (χ2n) is 9.01. The van der Waals surface area contributed by atoms with Gasteiger partial charge in [0.05, 0.1) is 0 Å². The van der Waals surface area contributed by atoms with Crippen LogP contribution in [0.4, 0.5) is 0 Å². The molecule has 0 radical (unpaired) electrons. The molecule has 0 aromatic rings. The second kappa shape index (κ2) is 6.21. The molecule has 20 heavy (non-hydrogen) atoms. The van der Waals surface area contributed by atoms with Gasteiger partial charge in [-0.3, -0.25) is 4.79 Å². The Balaban J connectivity index is 5.75. The highest BCUT2D eigenvalue weighted by Gasteiger charge is 2.64. The van der Waals surface area contributed by atoms with Crippen molar-refractivity contribution in [3.05, 3.63) is 0 Å². The van der Waals surface area contributed by atoms with E-state index in [2.05, 4.69) is 69.2 Å². The average molecular weight is 301 g/mol. The third-order valence-electron chi connectivity index (χ3n) is 4.17. The van der Waals surface area contributed by atoms with Gasteiger partial charge < -0.3 is 4.43 Å². The zero-order chi connectivity index (χ0) is 16.4. The lowest BCUT2D eigenvalue weighted by molar-refractivity contribution is -0.136. The highest BCUT2D eigenvalue weighted by atomic mass is 28.4. The largest absolute Gasteiger partial charge is 0.517 e. The molecule has 0 amide bonds. The monoisotopic (exact) mass is 300 g/mol. The van der Waals surface area contributed by atoms with Gasteiger partial charge in [-0.1, -0.05) is 75.7 Å². The summed E-state index contributed by atoms with van der Waals surface area (Å²) < 4.78 is 6.33. The number of hydrogen-bond donors (Lipinski definition) is 0. The topological polar surface area (TPSA) is 26.3 Å². The van der Waals surface area contributed by atoms with Crippen LogP contribution in [0.1, 0.15) is 88.5 Å². The predicted molar refractivity (Wildman–Crippen MR) is 90.5 cm³/mol. The fraction of sp³-hybridized carbons (Fsp3) is 0.941. The van der Waals surface area contributed by atoms with Crippen molar-refractivity contribution in [1.82, 2.24) is 0 Å². The van der Waals surface area contributed by atoms with Crippen molar-refractivity contribution < 1.29 is 9.22 Å². The lowest BCUT2D eigenvalue weighted by Gasteiger charge is -2.56. The van der Waals surface area contributed by atoms with Gasteiger partial charge in [0.25, 0.3) is 14.3 Å². The molecule has 0 fully saturated rings. The fourth-order valence-corrected chi connectivity index (χ4v) is 12.5. The van der Waals surface area contributed by atoms with Gasteiger partial charge >= 0.3 is 0 Å². The SMILES string of the molecule is CCCCC(=O)O[Si](C(C)(C)C)(C(C)(C)C)C(C)(C)C. The van der Waals surface area contributed by atoms with Gasteiger partial charge in [0.15, 0.2) is 0 Å². The van der Waals surface area contributed by atoms with Crippen molar-refractivity contribution in [2.45, 2.75) is 104 Å². The number of hydrogen-bond acceptors (Lipinski definition) is 2. The van der Waals surface area contributed by atoms with E-state index < -0.39 is 8.32 Å². The first-order valence-corrected chi connectivity index (χ1v) is 9.83. The van der Waals surface area contributed by atoms with E-state index in [4.69, 9.17) is 4.43 Å². The summed E-state index contributed by atoms with van der Waals surface area (Å²) in [6, 6.07) is 0. The molecule has 0 N–H and O–H groups in total. The van der Waals surface area contributed by atoms with Gasteiger partial charge in [-0.2, -0.15) is 0 Å². The Labute approximate surface area is 127 Å². The molecule has 0 rings (SSSR count). The molecule has 0 aliphatic carbocycles. The van der Waals surface area contributed by atoms with Crippen molar-refractivity contribution in [3.8, 4) is 0 Å². The zero-order valence-electron chi connectivity index (χ0n) is 15.4. The van der Waals surface area contributed by atoms with Gasteiger partial charge in [-0.25, -0.2) is 0 Å². The van der Waals surface area contributed by atoms with Crippen molar-refractivity contribution >= 4 is 14.3 Å². The number of carbonyl (C=O) groups excluding carboxylic acids is 1. The van der Waals surface area contributed by atoms with Gasteiger partial charge in [0.2, 0.25) is 0 Å². The smallest absolute Gasteiger partial charge is 0.292 e. The number of rotatable bonds is 4. The Morgan fingerprint density at radius 3 is 1.45 bits per heavy atom. The lowest BCUT2D eigenvalue weighted by Crippen LogP contribution is -2.61. The summed E-state index contributed by atoms with van der Waals surface area (Å²) in [6.07, 6.45) is 2.50. The third kappa shape index (κ3) is 3.87. The molecule has 0 spiro atoms. The molecule has 0 bridgehead atoms. The van der Waals surface area contributed by atoms with E-state index in [0.717, 1.165) is 12.8 Å². The molecule has 3 heteroatoms. The average Bonchev–Trinajstić information content (AvgIpc) is 2.17. The van der Waals surface area contributed by atoms with E-state index in [1.165, 1.54) is 0 Å². The van der Waals surface area contributed by atoms with E-state index >= 15 is 0 Å². The Morgan fingerprint density at radius 2 is 1.20 bits per heavy atom. The highest BCUT2D eigenvalue weighted by molar-refractivity contribution is 6.83. The maximum Gasteiger partial charge on any atom is 0.292 e. The molecule has 0 aromatic carbocycles. The number of unbranched alkanes of at least 4 members (excludes halogenated alkanes) is 1. The van der Waals surface area contributed by atoms with Gasteiger partial charge in [0, 0.05) is 6.42 Å². The minimum Gasteiger partial charge on any atom is -0.517 e. The fourth-order valence-electron chi connectivity index (χ4n) is 4.38. The second-order valence-corrected chi connectivity index (χ2v) is 15.1. The summed E-state index contributed by atoms with van der Waals surface area (Å²) in [5, 5.41) is 0.0160. The third-order valence-corrected chi connectivity index (χ3v) is 11.0. The normalized spacial score (nSPS) is 14.3. The van der Waals surface area contributed by atoms with Gasteiger partial charge in [0.1, 0.15) is 0 Å². The molecule has 0 saturated heterocycles. The molecular weight excluding hydrogens is 264 g/mol. The molecular formula is C17H36O2Si. The van der Waals surface area contributed by atoms with Crippen LogP contribution in [-0.2, 0) is 9.22 Å².